The molecule has 1 N–H and O–H groups in total. The van der Waals surface area contributed by atoms with Gasteiger partial charge in [-0.1, -0.05) is 0 Å². The predicted octanol–water partition coefficient (Wildman–Crippen LogP) is 5.69. The Bertz CT molecular complexity index is 1160. The second kappa shape index (κ2) is 7.75. The molecule has 5 rings (SSSR count). The molecule has 2 aliphatic rings. The molecule has 1 aliphatic heterocycles. The van der Waals surface area contributed by atoms with Gasteiger partial charge in [-0.15, -0.1) is 0 Å². The largest absolute Gasteiger partial charge is 0.481 e. The molecule has 3 aromatic rings. The number of rotatable bonds is 4. The summed E-state index contributed by atoms with van der Waals surface area (Å²) in [6, 6.07) is 9.85. The first-order chi connectivity index (χ1) is 14.9. The lowest BCUT2D eigenvalue weighted by Crippen LogP contribution is -2.30. The van der Waals surface area contributed by atoms with Crippen molar-refractivity contribution in [2.45, 2.75) is 44.4 Å². The summed E-state index contributed by atoms with van der Waals surface area (Å²) in [5.41, 5.74) is 4.43. The first-order valence-corrected chi connectivity index (χ1v) is 10.8. The first kappa shape index (κ1) is 20.2. The number of halogens is 2. The molecule has 1 saturated heterocycles. The number of aliphatic carboxylic acids is 1. The van der Waals surface area contributed by atoms with E-state index in [9.17, 15) is 18.7 Å². The van der Waals surface area contributed by atoms with Crippen LogP contribution in [0.4, 0.5) is 8.78 Å². The van der Waals surface area contributed by atoms with E-state index in [2.05, 4.69) is 4.57 Å². The van der Waals surface area contributed by atoms with Crippen molar-refractivity contribution in [1.29, 1.82) is 0 Å². The Morgan fingerprint density at radius 2 is 1.81 bits per heavy atom. The van der Waals surface area contributed by atoms with Gasteiger partial charge >= 0.3 is 5.97 Å². The zero-order chi connectivity index (χ0) is 21.7. The summed E-state index contributed by atoms with van der Waals surface area (Å²) in [6.07, 6.45) is 2.81. The van der Waals surface area contributed by atoms with Gasteiger partial charge in [-0.25, -0.2) is 8.78 Å². The summed E-state index contributed by atoms with van der Waals surface area (Å²) in [6.45, 7) is 3.05. The molecule has 4 nitrogen and oxygen atoms in total. The molecule has 1 aromatic heterocycles. The average molecular weight is 425 g/mol. The van der Waals surface area contributed by atoms with Crippen molar-refractivity contribution in [1.82, 2.24) is 4.57 Å². The summed E-state index contributed by atoms with van der Waals surface area (Å²) in [7, 11) is 0. The molecule has 0 amide bonds. The molecule has 2 aromatic carbocycles. The van der Waals surface area contributed by atoms with E-state index in [1.54, 1.807) is 25.1 Å². The minimum atomic E-state index is -0.770. The van der Waals surface area contributed by atoms with E-state index in [0.717, 1.165) is 40.7 Å². The number of hydrogen-bond donors (Lipinski definition) is 1. The Hall–Kier alpha value is -2.73. The van der Waals surface area contributed by atoms with E-state index in [4.69, 9.17) is 4.74 Å². The highest BCUT2D eigenvalue weighted by Crippen LogP contribution is 2.50. The molecular formula is C25H25F2NO3. The van der Waals surface area contributed by atoms with Crippen LogP contribution in [-0.4, -0.2) is 28.9 Å². The molecule has 162 valence electrons. The third-order valence-electron chi connectivity index (χ3n) is 6.91. The number of carboxylic acid groups (broad SMARTS) is 1. The van der Waals surface area contributed by atoms with Gasteiger partial charge in [-0.3, -0.25) is 4.79 Å². The van der Waals surface area contributed by atoms with E-state index in [0.29, 0.717) is 31.6 Å². The minimum Gasteiger partial charge on any atom is -0.481 e. The van der Waals surface area contributed by atoms with E-state index < -0.39 is 5.97 Å². The highest BCUT2D eigenvalue weighted by atomic mass is 19.1. The monoisotopic (exact) mass is 425 g/mol. The topological polar surface area (TPSA) is 51.5 Å². The van der Waals surface area contributed by atoms with Crippen molar-refractivity contribution in [3.05, 3.63) is 64.9 Å². The van der Waals surface area contributed by atoms with E-state index >= 15 is 0 Å². The molecule has 2 heterocycles. The van der Waals surface area contributed by atoms with Crippen molar-refractivity contribution in [3.8, 4) is 5.69 Å². The van der Waals surface area contributed by atoms with Gasteiger partial charge in [0.2, 0.25) is 0 Å². The normalized spacial score (nSPS) is 21.9. The quantitative estimate of drug-likeness (QED) is 0.584. The molecule has 1 aliphatic carbocycles. The first-order valence-electron chi connectivity index (χ1n) is 10.8. The molecule has 0 unspecified atom stereocenters. The maximum Gasteiger partial charge on any atom is 0.306 e. The molecule has 0 spiro atoms. The Labute approximate surface area is 179 Å². The molecular weight excluding hydrogens is 400 g/mol. The van der Waals surface area contributed by atoms with Crippen LogP contribution in [0.2, 0.25) is 0 Å². The number of fused-ring (bicyclic) bond motifs is 1. The van der Waals surface area contributed by atoms with Crippen LogP contribution < -0.4 is 0 Å². The number of benzene rings is 2. The van der Waals surface area contributed by atoms with Crippen molar-refractivity contribution in [2.75, 3.05) is 13.2 Å². The minimum absolute atomic E-state index is 0.0750. The van der Waals surface area contributed by atoms with Gasteiger partial charge < -0.3 is 14.4 Å². The maximum atomic E-state index is 14.3. The second-order valence-corrected chi connectivity index (χ2v) is 8.82. The van der Waals surface area contributed by atoms with Crippen molar-refractivity contribution >= 4 is 16.9 Å². The van der Waals surface area contributed by atoms with Crippen molar-refractivity contribution in [3.63, 3.8) is 0 Å². The fourth-order valence-electron chi connectivity index (χ4n) is 5.21. The lowest BCUT2D eigenvalue weighted by Gasteiger charge is -2.35. The molecule has 1 saturated carbocycles. The summed E-state index contributed by atoms with van der Waals surface area (Å²) in [4.78, 5) is 11.4. The highest BCUT2D eigenvalue weighted by Gasteiger charge is 2.40. The molecule has 0 atom stereocenters. The summed E-state index contributed by atoms with van der Waals surface area (Å²) in [5, 5.41) is 10.2. The zero-order valence-electron chi connectivity index (χ0n) is 17.4. The Kier molecular flexibility index (Phi) is 5.05. The lowest BCUT2D eigenvalue weighted by atomic mass is 9.69. The SMILES string of the molecule is Cc1cc(-n2c(C3CCOCC3)c(C3CC(C(=O)O)C3)c3cc(F)ccc32)ccc1F. The summed E-state index contributed by atoms with van der Waals surface area (Å²) in [5.74, 6) is -1.41. The van der Waals surface area contributed by atoms with Gasteiger partial charge in [-0.05, 0) is 86.1 Å². The smallest absolute Gasteiger partial charge is 0.306 e. The van der Waals surface area contributed by atoms with Crippen LogP contribution >= 0.6 is 0 Å². The number of carboxylic acids is 1. The number of hydrogen-bond acceptors (Lipinski definition) is 2. The van der Waals surface area contributed by atoms with E-state index in [1.165, 1.54) is 12.1 Å². The molecule has 6 heteroatoms. The maximum absolute atomic E-state index is 14.3. The molecule has 0 radical (unpaired) electrons. The average Bonchev–Trinajstić information content (AvgIpc) is 3.03. The number of aryl methyl sites for hydroxylation is 1. The lowest BCUT2D eigenvalue weighted by molar-refractivity contribution is -0.145. The van der Waals surface area contributed by atoms with Crippen molar-refractivity contribution < 1.29 is 23.4 Å². The summed E-state index contributed by atoms with van der Waals surface area (Å²) >= 11 is 0. The van der Waals surface area contributed by atoms with Crippen molar-refractivity contribution in [2.24, 2.45) is 5.92 Å². The van der Waals surface area contributed by atoms with Gasteiger partial charge in [0.1, 0.15) is 11.6 Å². The number of carbonyl (C=O) groups is 1. The number of ether oxygens (including phenoxy) is 1. The Morgan fingerprint density at radius 3 is 2.48 bits per heavy atom. The van der Waals surface area contributed by atoms with E-state index in [-0.39, 0.29) is 29.4 Å². The molecule has 0 bridgehead atoms. The molecule has 2 fully saturated rings. The number of nitrogens with zero attached hydrogens (tertiary/aromatic N) is 1. The molecule has 31 heavy (non-hydrogen) atoms. The van der Waals surface area contributed by atoms with Gasteiger partial charge in [-0.2, -0.15) is 0 Å². The number of aromatic nitrogens is 1. The highest BCUT2D eigenvalue weighted by molar-refractivity contribution is 5.89. The standard InChI is InChI=1S/C25H25F2NO3/c1-14-10-19(3-4-21(14)27)28-22-5-2-18(26)13-20(22)23(16-11-17(12-16)25(29)30)24(28)15-6-8-31-9-7-15/h2-5,10,13,15-17H,6-9,11-12H2,1H3,(H,29,30). The third-order valence-corrected chi connectivity index (χ3v) is 6.91. The fraction of sp³-hybridized carbons (Fsp3) is 0.400. The zero-order valence-corrected chi connectivity index (χ0v) is 17.4. The van der Waals surface area contributed by atoms with Gasteiger partial charge in [0, 0.05) is 35.9 Å². The van der Waals surface area contributed by atoms with Gasteiger partial charge in [0.25, 0.3) is 0 Å². The van der Waals surface area contributed by atoms with Crippen LogP contribution in [0, 0.1) is 24.5 Å². The summed E-state index contributed by atoms with van der Waals surface area (Å²) < 4.78 is 36.1. The fourth-order valence-corrected chi connectivity index (χ4v) is 5.21. The van der Waals surface area contributed by atoms with Gasteiger partial charge in [0.15, 0.2) is 0 Å². The van der Waals surface area contributed by atoms with E-state index in [1.807, 2.05) is 6.07 Å². The van der Waals surface area contributed by atoms with Crippen LogP contribution in [0.5, 0.6) is 0 Å². The van der Waals surface area contributed by atoms with Crippen LogP contribution in [0.15, 0.2) is 36.4 Å². The van der Waals surface area contributed by atoms with Crippen LogP contribution in [0.25, 0.3) is 16.6 Å². The Morgan fingerprint density at radius 1 is 1.06 bits per heavy atom. The predicted molar refractivity (Wildman–Crippen MR) is 114 cm³/mol. The van der Waals surface area contributed by atoms with Crippen LogP contribution in [0.3, 0.4) is 0 Å². The second-order valence-electron chi connectivity index (χ2n) is 8.82. The van der Waals surface area contributed by atoms with Crippen LogP contribution in [0.1, 0.15) is 54.3 Å². The van der Waals surface area contributed by atoms with Gasteiger partial charge in [0.05, 0.1) is 11.4 Å². The van der Waals surface area contributed by atoms with Crippen LogP contribution in [-0.2, 0) is 9.53 Å². The Balaban J connectivity index is 1.76. The third kappa shape index (κ3) is 3.43.